The van der Waals surface area contributed by atoms with Gasteiger partial charge in [0.25, 0.3) is 10.0 Å². The molecule has 0 N–H and O–H groups in total. The third-order valence-corrected chi connectivity index (χ3v) is 6.45. The SMILES string of the molecule is Cc1ccc(S(=O)(=O)N2N=C3CCCC[C@H]3[C@H]2C(C)C)cc1. The Morgan fingerprint density at radius 2 is 1.86 bits per heavy atom. The van der Waals surface area contributed by atoms with Crippen LogP contribution in [-0.4, -0.2) is 24.6 Å². The van der Waals surface area contributed by atoms with Gasteiger partial charge in [0, 0.05) is 11.6 Å². The second-order valence-electron chi connectivity index (χ2n) is 6.77. The fourth-order valence-electron chi connectivity index (χ4n) is 3.61. The van der Waals surface area contributed by atoms with Gasteiger partial charge in [0.2, 0.25) is 0 Å². The van der Waals surface area contributed by atoms with E-state index in [4.69, 9.17) is 0 Å². The van der Waals surface area contributed by atoms with E-state index in [1.807, 2.05) is 19.1 Å². The van der Waals surface area contributed by atoms with E-state index in [1.165, 1.54) is 10.8 Å². The first-order valence-corrected chi connectivity index (χ1v) is 9.54. The van der Waals surface area contributed by atoms with Crippen LogP contribution >= 0.6 is 0 Å². The van der Waals surface area contributed by atoms with Gasteiger partial charge < -0.3 is 0 Å². The fourth-order valence-corrected chi connectivity index (χ4v) is 5.23. The summed E-state index contributed by atoms with van der Waals surface area (Å²) in [6.07, 6.45) is 4.29. The lowest BCUT2D eigenvalue weighted by Gasteiger charge is -2.31. The number of aryl methyl sites for hydroxylation is 1. The first-order valence-electron chi connectivity index (χ1n) is 8.10. The second kappa shape index (κ2) is 5.69. The van der Waals surface area contributed by atoms with Crippen molar-refractivity contribution in [2.75, 3.05) is 0 Å². The van der Waals surface area contributed by atoms with Crippen molar-refractivity contribution in [1.29, 1.82) is 0 Å². The van der Waals surface area contributed by atoms with Gasteiger partial charge >= 0.3 is 0 Å². The van der Waals surface area contributed by atoms with E-state index in [2.05, 4.69) is 18.9 Å². The van der Waals surface area contributed by atoms with Gasteiger partial charge in [0.05, 0.1) is 10.9 Å². The molecule has 1 fully saturated rings. The molecule has 4 nitrogen and oxygen atoms in total. The fraction of sp³-hybridized carbons (Fsp3) is 0.588. The Morgan fingerprint density at radius 3 is 2.50 bits per heavy atom. The van der Waals surface area contributed by atoms with Crippen molar-refractivity contribution in [3.63, 3.8) is 0 Å². The van der Waals surface area contributed by atoms with Crippen LogP contribution in [0.4, 0.5) is 0 Å². The maximum absolute atomic E-state index is 13.0. The molecule has 0 spiro atoms. The summed E-state index contributed by atoms with van der Waals surface area (Å²) in [7, 11) is -3.56. The van der Waals surface area contributed by atoms with Gasteiger partial charge in [-0.3, -0.25) is 0 Å². The lowest BCUT2D eigenvalue weighted by molar-refractivity contribution is 0.239. The van der Waals surface area contributed by atoms with Crippen molar-refractivity contribution in [1.82, 2.24) is 4.41 Å². The first-order chi connectivity index (χ1) is 10.4. The highest BCUT2D eigenvalue weighted by atomic mass is 32.2. The lowest BCUT2D eigenvalue weighted by atomic mass is 9.79. The molecule has 22 heavy (non-hydrogen) atoms. The molecule has 1 aliphatic heterocycles. The van der Waals surface area contributed by atoms with E-state index in [9.17, 15) is 8.42 Å². The van der Waals surface area contributed by atoms with Crippen LogP contribution in [0.1, 0.15) is 45.1 Å². The van der Waals surface area contributed by atoms with Crippen LogP contribution in [0.25, 0.3) is 0 Å². The van der Waals surface area contributed by atoms with Gasteiger partial charge in [0.1, 0.15) is 0 Å². The molecule has 3 rings (SSSR count). The molecule has 120 valence electrons. The molecule has 2 atom stereocenters. The van der Waals surface area contributed by atoms with Crippen molar-refractivity contribution >= 4 is 15.7 Å². The molecule has 2 aliphatic rings. The van der Waals surface area contributed by atoms with Crippen molar-refractivity contribution < 1.29 is 8.42 Å². The zero-order valence-corrected chi connectivity index (χ0v) is 14.3. The largest absolute Gasteiger partial charge is 0.279 e. The molecule has 0 amide bonds. The van der Waals surface area contributed by atoms with Crippen LogP contribution < -0.4 is 0 Å². The normalized spacial score (nSPS) is 25.3. The molecule has 0 saturated heterocycles. The predicted molar refractivity (Wildman–Crippen MR) is 88.2 cm³/mol. The Kier molecular flexibility index (Phi) is 4.02. The predicted octanol–water partition coefficient (Wildman–Crippen LogP) is 3.57. The number of rotatable bonds is 3. The molecule has 1 aromatic carbocycles. The van der Waals surface area contributed by atoms with Crippen molar-refractivity contribution in [3.05, 3.63) is 29.8 Å². The topological polar surface area (TPSA) is 49.7 Å². The van der Waals surface area contributed by atoms with Gasteiger partial charge in [-0.15, -0.1) is 0 Å². The molecule has 5 heteroatoms. The molecule has 1 aliphatic carbocycles. The minimum absolute atomic E-state index is 0.0402. The number of sulfonamides is 1. The summed E-state index contributed by atoms with van der Waals surface area (Å²) < 4.78 is 27.5. The van der Waals surface area contributed by atoms with E-state index < -0.39 is 10.0 Å². The standard InChI is InChI=1S/C17H24N2O2S/c1-12(2)17-15-6-4-5-7-16(15)18-19(17)22(20,21)14-10-8-13(3)9-11-14/h8-12,15,17H,4-7H2,1-3H3/t15-,17-/m1/s1. The minimum atomic E-state index is -3.56. The second-order valence-corrected chi connectivity index (χ2v) is 8.56. The van der Waals surface area contributed by atoms with E-state index >= 15 is 0 Å². The summed E-state index contributed by atoms with van der Waals surface area (Å²) in [6, 6.07) is 7.01. The average Bonchev–Trinajstić information content (AvgIpc) is 2.88. The maximum Gasteiger partial charge on any atom is 0.279 e. The molecule has 0 bridgehead atoms. The molecular weight excluding hydrogens is 296 g/mol. The van der Waals surface area contributed by atoms with E-state index in [-0.39, 0.29) is 12.0 Å². The van der Waals surface area contributed by atoms with Crippen LogP contribution in [0.2, 0.25) is 0 Å². The van der Waals surface area contributed by atoms with Crippen LogP contribution in [0.5, 0.6) is 0 Å². The number of hydrogen-bond acceptors (Lipinski definition) is 3. The Hall–Kier alpha value is -1.36. The minimum Gasteiger partial charge on any atom is -0.200 e. The van der Waals surface area contributed by atoms with E-state index in [1.54, 1.807) is 12.1 Å². The van der Waals surface area contributed by atoms with Gasteiger partial charge in [-0.1, -0.05) is 38.0 Å². The molecule has 0 radical (unpaired) electrons. The van der Waals surface area contributed by atoms with Crippen LogP contribution in [0.15, 0.2) is 34.3 Å². The molecule has 0 unspecified atom stereocenters. The van der Waals surface area contributed by atoms with Crippen LogP contribution in [0.3, 0.4) is 0 Å². The maximum atomic E-state index is 13.0. The molecule has 0 aromatic heterocycles. The smallest absolute Gasteiger partial charge is 0.200 e. The third-order valence-electron chi connectivity index (χ3n) is 4.77. The Balaban J connectivity index is 2.01. The highest BCUT2D eigenvalue weighted by molar-refractivity contribution is 7.89. The zero-order chi connectivity index (χ0) is 15.9. The Morgan fingerprint density at radius 1 is 1.18 bits per heavy atom. The van der Waals surface area contributed by atoms with E-state index in [0.717, 1.165) is 30.5 Å². The Labute approximate surface area is 133 Å². The zero-order valence-electron chi connectivity index (χ0n) is 13.5. The first kappa shape index (κ1) is 15.5. The average molecular weight is 320 g/mol. The highest BCUT2D eigenvalue weighted by Crippen LogP contribution is 2.39. The summed E-state index contributed by atoms with van der Waals surface area (Å²) in [5.41, 5.74) is 2.14. The van der Waals surface area contributed by atoms with Gasteiger partial charge in [0.15, 0.2) is 0 Å². The molecule has 1 saturated carbocycles. The molecular formula is C17H24N2O2S. The van der Waals surface area contributed by atoms with Crippen LogP contribution in [0, 0.1) is 18.8 Å². The summed E-state index contributed by atoms with van der Waals surface area (Å²) in [4.78, 5) is 0.340. The number of fused-ring (bicyclic) bond motifs is 1. The summed E-state index contributed by atoms with van der Waals surface area (Å²) in [5, 5.41) is 4.55. The summed E-state index contributed by atoms with van der Waals surface area (Å²) in [6.45, 7) is 6.14. The number of benzene rings is 1. The van der Waals surface area contributed by atoms with Crippen molar-refractivity contribution in [2.45, 2.75) is 57.4 Å². The Bertz CT molecular complexity index is 677. The van der Waals surface area contributed by atoms with Gasteiger partial charge in [-0.25, -0.2) is 0 Å². The van der Waals surface area contributed by atoms with Gasteiger partial charge in [-0.2, -0.15) is 17.9 Å². The monoisotopic (exact) mass is 320 g/mol. The summed E-state index contributed by atoms with van der Waals surface area (Å²) in [5.74, 6) is 0.554. The summed E-state index contributed by atoms with van der Waals surface area (Å²) >= 11 is 0. The molecule has 1 aromatic rings. The van der Waals surface area contributed by atoms with Gasteiger partial charge in [-0.05, 0) is 44.2 Å². The number of nitrogens with zero attached hydrogens (tertiary/aromatic N) is 2. The number of hydrogen-bond donors (Lipinski definition) is 0. The molecule has 1 heterocycles. The van der Waals surface area contributed by atoms with Crippen molar-refractivity contribution in [2.24, 2.45) is 16.9 Å². The highest BCUT2D eigenvalue weighted by Gasteiger charge is 2.45. The van der Waals surface area contributed by atoms with Crippen molar-refractivity contribution in [3.8, 4) is 0 Å². The lowest BCUT2D eigenvalue weighted by Crippen LogP contribution is -2.41. The quantitative estimate of drug-likeness (QED) is 0.855. The third kappa shape index (κ3) is 2.56. The van der Waals surface area contributed by atoms with E-state index in [0.29, 0.717) is 10.8 Å². The number of hydrazone groups is 1. The van der Waals surface area contributed by atoms with Crippen LogP contribution in [-0.2, 0) is 10.0 Å².